The summed E-state index contributed by atoms with van der Waals surface area (Å²) < 4.78 is 14.9. The Hall–Kier alpha value is -1.16. The van der Waals surface area contributed by atoms with Crippen LogP contribution in [0.25, 0.3) is 11.3 Å². The minimum Gasteiger partial charge on any atom is -0.262 e. The van der Waals surface area contributed by atoms with Crippen LogP contribution in [-0.4, -0.2) is 16.5 Å². The second-order valence-corrected chi connectivity index (χ2v) is 4.05. The highest BCUT2D eigenvalue weighted by molar-refractivity contribution is 9.10. The molecule has 4 heteroatoms. The van der Waals surface area contributed by atoms with E-state index in [4.69, 9.17) is 0 Å². The maximum absolute atomic E-state index is 12.2. The zero-order valence-electron chi connectivity index (χ0n) is 8.03. The first-order valence-electron chi connectivity index (χ1n) is 4.65. The predicted molar refractivity (Wildman–Crippen MR) is 61.3 cm³/mol. The van der Waals surface area contributed by atoms with Crippen LogP contribution in [0.2, 0.25) is 0 Å². The third kappa shape index (κ3) is 2.26. The van der Waals surface area contributed by atoms with Crippen LogP contribution < -0.4 is 0 Å². The third-order valence-corrected chi connectivity index (χ3v) is 2.68. The SMILES string of the molecule is FCCn1nccc1-c1ccc(Br)cc1. The fourth-order valence-electron chi connectivity index (χ4n) is 1.46. The molecule has 0 aliphatic heterocycles. The van der Waals surface area contributed by atoms with Crippen LogP contribution in [-0.2, 0) is 6.54 Å². The fourth-order valence-corrected chi connectivity index (χ4v) is 1.72. The van der Waals surface area contributed by atoms with Crippen molar-refractivity contribution in [2.45, 2.75) is 6.54 Å². The van der Waals surface area contributed by atoms with Gasteiger partial charge in [-0.15, -0.1) is 0 Å². The van der Waals surface area contributed by atoms with Crippen molar-refractivity contribution in [1.82, 2.24) is 9.78 Å². The normalized spacial score (nSPS) is 10.5. The largest absolute Gasteiger partial charge is 0.262 e. The molecule has 15 heavy (non-hydrogen) atoms. The van der Waals surface area contributed by atoms with Crippen molar-refractivity contribution in [3.63, 3.8) is 0 Å². The third-order valence-electron chi connectivity index (χ3n) is 2.15. The van der Waals surface area contributed by atoms with Crippen LogP contribution >= 0.6 is 15.9 Å². The Bertz CT molecular complexity index is 436. The molecule has 2 nitrogen and oxygen atoms in total. The standard InChI is InChI=1S/C11H10BrFN2/c12-10-3-1-9(2-4-10)11-5-7-14-15(11)8-6-13/h1-5,7H,6,8H2. The highest BCUT2D eigenvalue weighted by Gasteiger charge is 2.04. The van der Waals surface area contributed by atoms with Crippen molar-refractivity contribution < 1.29 is 4.39 Å². The van der Waals surface area contributed by atoms with Gasteiger partial charge in [0.2, 0.25) is 0 Å². The minimum absolute atomic E-state index is 0.304. The van der Waals surface area contributed by atoms with E-state index >= 15 is 0 Å². The number of halogens is 2. The first-order chi connectivity index (χ1) is 7.31. The predicted octanol–water partition coefficient (Wildman–Crippen LogP) is 3.28. The summed E-state index contributed by atoms with van der Waals surface area (Å²) in [5.74, 6) is 0. The summed E-state index contributed by atoms with van der Waals surface area (Å²) in [7, 11) is 0. The molecule has 0 aliphatic rings. The lowest BCUT2D eigenvalue weighted by atomic mass is 10.1. The lowest BCUT2D eigenvalue weighted by Gasteiger charge is -2.05. The van der Waals surface area contributed by atoms with Gasteiger partial charge in [-0.25, -0.2) is 4.39 Å². The van der Waals surface area contributed by atoms with E-state index in [2.05, 4.69) is 21.0 Å². The Morgan fingerprint density at radius 1 is 1.20 bits per heavy atom. The topological polar surface area (TPSA) is 17.8 Å². The van der Waals surface area contributed by atoms with Crippen LogP contribution in [0.5, 0.6) is 0 Å². The molecule has 78 valence electrons. The Kier molecular flexibility index (Phi) is 3.16. The van der Waals surface area contributed by atoms with E-state index in [-0.39, 0.29) is 0 Å². The highest BCUT2D eigenvalue weighted by atomic mass is 79.9. The summed E-state index contributed by atoms with van der Waals surface area (Å²) in [4.78, 5) is 0. The number of hydrogen-bond donors (Lipinski definition) is 0. The molecule has 1 aromatic carbocycles. The quantitative estimate of drug-likeness (QED) is 0.836. The number of rotatable bonds is 3. The molecule has 0 spiro atoms. The summed E-state index contributed by atoms with van der Waals surface area (Å²) in [6.07, 6.45) is 1.69. The average molecular weight is 269 g/mol. The van der Waals surface area contributed by atoms with E-state index in [9.17, 15) is 4.39 Å². The molecule has 0 unspecified atom stereocenters. The number of alkyl halides is 1. The van der Waals surface area contributed by atoms with E-state index in [1.807, 2.05) is 30.3 Å². The summed E-state index contributed by atoms with van der Waals surface area (Å²) in [6.45, 7) is -0.0936. The molecule has 0 fully saturated rings. The molecule has 0 N–H and O–H groups in total. The summed E-state index contributed by atoms with van der Waals surface area (Å²) in [6, 6.07) is 9.77. The molecule has 2 rings (SSSR count). The van der Waals surface area contributed by atoms with Gasteiger partial charge in [0, 0.05) is 10.7 Å². The van der Waals surface area contributed by atoms with Gasteiger partial charge in [0.1, 0.15) is 6.67 Å². The Morgan fingerprint density at radius 2 is 1.93 bits per heavy atom. The van der Waals surface area contributed by atoms with E-state index in [0.717, 1.165) is 15.7 Å². The summed E-state index contributed by atoms with van der Waals surface area (Å²) in [5.41, 5.74) is 1.99. The lowest BCUT2D eigenvalue weighted by molar-refractivity contribution is 0.429. The number of benzene rings is 1. The molecule has 1 heterocycles. The van der Waals surface area contributed by atoms with E-state index in [1.165, 1.54) is 0 Å². The maximum atomic E-state index is 12.2. The molecule has 0 aliphatic carbocycles. The van der Waals surface area contributed by atoms with Crippen molar-refractivity contribution in [3.8, 4) is 11.3 Å². The van der Waals surface area contributed by atoms with Gasteiger partial charge >= 0.3 is 0 Å². The van der Waals surface area contributed by atoms with Crippen LogP contribution in [0.3, 0.4) is 0 Å². The molecule has 0 radical (unpaired) electrons. The van der Waals surface area contributed by atoms with Crippen LogP contribution in [0.4, 0.5) is 4.39 Å². The smallest absolute Gasteiger partial charge is 0.109 e. The van der Waals surface area contributed by atoms with Crippen molar-refractivity contribution in [1.29, 1.82) is 0 Å². The van der Waals surface area contributed by atoms with Gasteiger partial charge in [-0.2, -0.15) is 5.10 Å². The minimum atomic E-state index is -0.398. The Labute approximate surface area is 95.9 Å². The van der Waals surface area contributed by atoms with Crippen molar-refractivity contribution >= 4 is 15.9 Å². The number of aryl methyl sites for hydroxylation is 1. The zero-order chi connectivity index (χ0) is 10.7. The summed E-state index contributed by atoms with van der Waals surface area (Å²) in [5, 5.41) is 4.07. The molecule has 0 bridgehead atoms. The highest BCUT2D eigenvalue weighted by Crippen LogP contribution is 2.21. The van der Waals surface area contributed by atoms with Gasteiger partial charge in [-0.05, 0) is 23.8 Å². The van der Waals surface area contributed by atoms with Gasteiger partial charge in [0.25, 0.3) is 0 Å². The summed E-state index contributed by atoms with van der Waals surface area (Å²) >= 11 is 3.38. The monoisotopic (exact) mass is 268 g/mol. The second kappa shape index (κ2) is 4.57. The Morgan fingerprint density at radius 3 is 2.60 bits per heavy atom. The second-order valence-electron chi connectivity index (χ2n) is 3.14. The van der Waals surface area contributed by atoms with Gasteiger partial charge in [0.05, 0.1) is 12.2 Å². The first kappa shape index (κ1) is 10.4. The van der Waals surface area contributed by atoms with E-state index < -0.39 is 6.67 Å². The van der Waals surface area contributed by atoms with Gasteiger partial charge in [-0.3, -0.25) is 4.68 Å². The van der Waals surface area contributed by atoms with Crippen molar-refractivity contribution in [3.05, 3.63) is 41.0 Å². The van der Waals surface area contributed by atoms with Gasteiger partial charge in [-0.1, -0.05) is 28.1 Å². The lowest BCUT2D eigenvalue weighted by Crippen LogP contribution is -2.03. The van der Waals surface area contributed by atoms with Crippen LogP contribution in [0, 0.1) is 0 Å². The van der Waals surface area contributed by atoms with Crippen LogP contribution in [0.15, 0.2) is 41.0 Å². The van der Waals surface area contributed by atoms with Crippen LogP contribution in [0.1, 0.15) is 0 Å². The van der Waals surface area contributed by atoms with Crippen molar-refractivity contribution in [2.24, 2.45) is 0 Å². The van der Waals surface area contributed by atoms with Gasteiger partial charge < -0.3 is 0 Å². The zero-order valence-corrected chi connectivity index (χ0v) is 9.61. The molecule has 0 atom stereocenters. The van der Waals surface area contributed by atoms with E-state index in [0.29, 0.717) is 6.54 Å². The Balaban J connectivity index is 2.36. The molecular weight excluding hydrogens is 259 g/mol. The first-order valence-corrected chi connectivity index (χ1v) is 5.44. The molecule has 0 saturated carbocycles. The molecule has 0 saturated heterocycles. The number of aromatic nitrogens is 2. The average Bonchev–Trinajstić information content (AvgIpc) is 2.68. The maximum Gasteiger partial charge on any atom is 0.109 e. The van der Waals surface area contributed by atoms with Gasteiger partial charge in [0.15, 0.2) is 0 Å². The molecule has 2 aromatic rings. The number of nitrogens with zero attached hydrogens (tertiary/aromatic N) is 2. The van der Waals surface area contributed by atoms with E-state index in [1.54, 1.807) is 10.9 Å². The van der Waals surface area contributed by atoms with Crippen molar-refractivity contribution in [2.75, 3.05) is 6.67 Å². The molecular formula is C11H10BrFN2. The molecule has 1 aromatic heterocycles. The molecule has 0 amide bonds. The fraction of sp³-hybridized carbons (Fsp3) is 0.182. The number of hydrogen-bond acceptors (Lipinski definition) is 1.